The zero-order valence-corrected chi connectivity index (χ0v) is 12.6. The molecule has 0 saturated carbocycles. The number of hydrogen-bond donors (Lipinski definition) is 2. The number of halogens is 1. The summed E-state index contributed by atoms with van der Waals surface area (Å²) in [6.45, 7) is 0. The van der Waals surface area contributed by atoms with Crippen molar-refractivity contribution in [3.63, 3.8) is 0 Å². The summed E-state index contributed by atoms with van der Waals surface area (Å²) in [7, 11) is -7.61. The molecule has 0 spiro atoms. The molecular weight excluding hydrogens is 325 g/mol. The van der Waals surface area contributed by atoms with E-state index in [2.05, 4.69) is 0 Å². The Morgan fingerprint density at radius 1 is 1.24 bits per heavy atom. The fourth-order valence-corrected chi connectivity index (χ4v) is 3.32. The molecule has 0 amide bonds. The Kier molecular flexibility index (Phi) is 5.42. The van der Waals surface area contributed by atoms with E-state index in [9.17, 15) is 26.0 Å². The van der Waals surface area contributed by atoms with E-state index in [1.54, 1.807) is 0 Å². The van der Waals surface area contributed by atoms with E-state index in [1.165, 1.54) is 0 Å². The lowest BCUT2D eigenvalue weighted by Crippen LogP contribution is -2.41. The summed E-state index contributed by atoms with van der Waals surface area (Å²) in [5.41, 5.74) is 0. The van der Waals surface area contributed by atoms with Crippen molar-refractivity contribution in [2.45, 2.75) is 17.4 Å². The van der Waals surface area contributed by atoms with Crippen LogP contribution in [-0.4, -0.2) is 46.0 Å². The fourth-order valence-electron chi connectivity index (χ4n) is 1.43. The molecule has 0 saturated heterocycles. The Labute approximate surface area is 121 Å². The topological polar surface area (TPSA) is 118 Å². The molecule has 1 aromatic carbocycles. The zero-order chi connectivity index (χ0) is 16.3. The largest absolute Gasteiger partial charge is 0.480 e. The number of carboxylic acids is 1. The number of hydrogen-bond acceptors (Lipinski definition) is 5. The van der Waals surface area contributed by atoms with Gasteiger partial charge < -0.3 is 5.11 Å². The normalized spacial score (nSPS) is 13.8. The van der Waals surface area contributed by atoms with Crippen LogP contribution in [0.25, 0.3) is 0 Å². The first-order valence-corrected chi connectivity index (χ1v) is 9.24. The van der Waals surface area contributed by atoms with Crippen LogP contribution in [-0.2, 0) is 24.7 Å². The van der Waals surface area contributed by atoms with Crippen molar-refractivity contribution in [3.05, 3.63) is 30.1 Å². The van der Waals surface area contributed by atoms with Crippen molar-refractivity contribution in [2.24, 2.45) is 0 Å². The number of sulfonamides is 1. The van der Waals surface area contributed by atoms with Crippen LogP contribution in [0.2, 0.25) is 0 Å². The molecule has 0 fully saturated rings. The maximum Gasteiger partial charge on any atom is 0.321 e. The molecule has 0 radical (unpaired) electrons. The van der Waals surface area contributed by atoms with Crippen LogP contribution < -0.4 is 4.72 Å². The van der Waals surface area contributed by atoms with Crippen molar-refractivity contribution >= 4 is 25.8 Å². The SMILES string of the molecule is CS(=O)(=O)CCC(NS(=O)(=O)c1ccc(F)cc1)C(=O)O. The Morgan fingerprint density at radius 2 is 1.76 bits per heavy atom. The predicted octanol–water partition coefficient (Wildman–Crippen LogP) is -0.00810. The quantitative estimate of drug-likeness (QED) is 0.721. The maximum atomic E-state index is 12.7. The summed E-state index contributed by atoms with van der Waals surface area (Å²) >= 11 is 0. The van der Waals surface area contributed by atoms with Gasteiger partial charge in [0.15, 0.2) is 0 Å². The van der Waals surface area contributed by atoms with E-state index < -0.39 is 49.9 Å². The van der Waals surface area contributed by atoms with Gasteiger partial charge in [0, 0.05) is 6.26 Å². The van der Waals surface area contributed by atoms with Crippen molar-refractivity contribution in [3.8, 4) is 0 Å². The molecule has 0 aliphatic rings. The standard InChI is InChI=1S/C11H14FNO6S2/c1-20(16,17)7-6-10(11(14)15)13-21(18,19)9-4-2-8(12)3-5-9/h2-5,10,13H,6-7H2,1H3,(H,14,15). The average molecular weight is 339 g/mol. The number of aliphatic carboxylic acids is 1. The summed E-state index contributed by atoms with van der Waals surface area (Å²) < 4.78 is 60.5. The van der Waals surface area contributed by atoms with Gasteiger partial charge in [0.2, 0.25) is 10.0 Å². The second-order valence-electron chi connectivity index (χ2n) is 4.38. The molecule has 0 aromatic heterocycles. The molecule has 1 rings (SSSR count). The Balaban J connectivity index is 2.92. The molecule has 21 heavy (non-hydrogen) atoms. The highest BCUT2D eigenvalue weighted by Crippen LogP contribution is 2.11. The predicted molar refractivity (Wildman–Crippen MR) is 72.5 cm³/mol. The molecule has 2 N–H and O–H groups in total. The maximum absolute atomic E-state index is 12.7. The highest BCUT2D eigenvalue weighted by atomic mass is 32.2. The van der Waals surface area contributed by atoms with Crippen LogP contribution in [0, 0.1) is 5.82 Å². The summed E-state index contributed by atoms with van der Waals surface area (Å²) in [5.74, 6) is -2.61. The minimum absolute atomic E-state index is 0.311. The lowest BCUT2D eigenvalue weighted by atomic mass is 10.2. The van der Waals surface area contributed by atoms with Crippen LogP contribution in [0.3, 0.4) is 0 Å². The van der Waals surface area contributed by atoms with Gasteiger partial charge in [0.1, 0.15) is 21.7 Å². The Hall–Kier alpha value is -1.52. The third-order valence-corrected chi connectivity index (χ3v) is 4.96. The van der Waals surface area contributed by atoms with Gasteiger partial charge in [-0.3, -0.25) is 4.79 Å². The van der Waals surface area contributed by atoms with Gasteiger partial charge in [-0.25, -0.2) is 21.2 Å². The van der Waals surface area contributed by atoms with Crippen molar-refractivity contribution in [1.29, 1.82) is 0 Å². The highest BCUT2D eigenvalue weighted by Gasteiger charge is 2.26. The molecule has 1 unspecified atom stereocenters. The number of carboxylic acid groups (broad SMARTS) is 1. The fraction of sp³-hybridized carbons (Fsp3) is 0.364. The smallest absolute Gasteiger partial charge is 0.321 e. The number of rotatable bonds is 7. The van der Waals surface area contributed by atoms with E-state index in [0.717, 1.165) is 30.5 Å². The zero-order valence-electron chi connectivity index (χ0n) is 11.0. The monoisotopic (exact) mass is 339 g/mol. The van der Waals surface area contributed by atoms with E-state index in [1.807, 2.05) is 4.72 Å². The molecule has 0 aliphatic carbocycles. The van der Waals surface area contributed by atoms with Crippen LogP contribution in [0.4, 0.5) is 4.39 Å². The van der Waals surface area contributed by atoms with Gasteiger partial charge >= 0.3 is 5.97 Å². The third kappa shape index (κ3) is 5.78. The molecule has 7 nitrogen and oxygen atoms in total. The molecule has 1 atom stereocenters. The summed E-state index contributed by atoms with van der Waals surface area (Å²) in [6.07, 6.45) is 0.509. The Morgan fingerprint density at radius 3 is 2.19 bits per heavy atom. The van der Waals surface area contributed by atoms with Gasteiger partial charge in [-0.05, 0) is 30.7 Å². The molecule has 118 valence electrons. The molecular formula is C11H14FNO6S2. The molecule has 0 aliphatic heterocycles. The Bertz CT molecular complexity index is 712. The molecule has 0 heterocycles. The highest BCUT2D eigenvalue weighted by molar-refractivity contribution is 7.90. The van der Waals surface area contributed by atoms with Gasteiger partial charge in [-0.15, -0.1) is 0 Å². The second-order valence-corrected chi connectivity index (χ2v) is 8.36. The number of nitrogens with one attached hydrogen (secondary N) is 1. The van der Waals surface area contributed by atoms with Crippen molar-refractivity contribution in [1.82, 2.24) is 4.72 Å². The number of carbonyl (C=O) groups is 1. The lowest BCUT2D eigenvalue weighted by Gasteiger charge is -2.14. The van der Waals surface area contributed by atoms with E-state index in [4.69, 9.17) is 5.11 Å². The van der Waals surface area contributed by atoms with E-state index >= 15 is 0 Å². The number of benzene rings is 1. The summed E-state index contributed by atoms with van der Waals surface area (Å²) in [5, 5.41) is 8.94. The summed E-state index contributed by atoms with van der Waals surface area (Å²) in [6, 6.07) is 2.21. The molecule has 10 heteroatoms. The average Bonchev–Trinajstić information content (AvgIpc) is 2.33. The van der Waals surface area contributed by atoms with Crippen LogP contribution in [0.1, 0.15) is 6.42 Å². The van der Waals surface area contributed by atoms with Crippen molar-refractivity contribution < 1.29 is 31.1 Å². The van der Waals surface area contributed by atoms with Gasteiger partial charge in [-0.1, -0.05) is 0 Å². The van der Waals surface area contributed by atoms with Gasteiger partial charge in [0.25, 0.3) is 0 Å². The van der Waals surface area contributed by atoms with E-state index in [0.29, 0.717) is 0 Å². The third-order valence-electron chi connectivity index (χ3n) is 2.50. The number of sulfone groups is 1. The molecule has 0 bridgehead atoms. The first-order valence-electron chi connectivity index (χ1n) is 5.70. The first kappa shape index (κ1) is 17.5. The minimum Gasteiger partial charge on any atom is -0.480 e. The van der Waals surface area contributed by atoms with Gasteiger partial charge in [-0.2, -0.15) is 4.72 Å². The van der Waals surface area contributed by atoms with Gasteiger partial charge in [0.05, 0.1) is 10.6 Å². The minimum atomic E-state index is -4.18. The van der Waals surface area contributed by atoms with Crippen LogP contribution >= 0.6 is 0 Å². The van der Waals surface area contributed by atoms with E-state index in [-0.39, 0.29) is 4.90 Å². The lowest BCUT2D eigenvalue weighted by molar-refractivity contribution is -0.139. The molecule has 1 aromatic rings. The second kappa shape index (κ2) is 6.50. The summed E-state index contributed by atoms with van der Waals surface area (Å²) in [4.78, 5) is 10.7. The van der Waals surface area contributed by atoms with Crippen molar-refractivity contribution in [2.75, 3.05) is 12.0 Å². The van der Waals surface area contributed by atoms with Crippen LogP contribution in [0.15, 0.2) is 29.2 Å². The van der Waals surface area contributed by atoms with Crippen LogP contribution in [0.5, 0.6) is 0 Å². The first-order chi connectivity index (χ1) is 9.51.